The summed E-state index contributed by atoms with van der Waals surface area (Å²) in [5.41, 5.74) is 3.79. The number of carboxylic acids is 1. The molecule has 1 amide bonds. The van der Waals surface area contributed by atoms with Crippen molar-refractivity contribution in [3.63, 3.8) is 0 Å². The number of hydrogen-bond acceptors (Lipinski definition) is 3. The summed E-state index contributed by atoms with van der Waals surface area (Å²) in [6, 6.07) is 23.5. The van der Waals surface area contributed by atoms with Crippen LogP contribution in [-0.2, 0) is 16.0 Å². The van der Waals surface area contributed by atoms with Crippen molar-refractivity contribution < 1.29 is 19.4 Å². The topological polar surface area (TPSA) is 75.6 Å². The quantitative estimate of drug-likeness (QED) is 0.497. The van der Waals surface area contributed by atoms with Gasteiger partial charge in [0.1, 0.15) is 12.1 Å². The van der Waals surface area contributed by atoms with Crippen molar-refractivity contribution in [3.8, 4) is 11.1 Å². The van der Waals surface area contributed by atoms with E-state index in [-0.39, 0.29) is 18.9 Å². The molecule has 0 saturated carbocycles. The Morgan fingerprint density at radius 3 is 2.06 bits per heavy atom. The molecule has 1 aliphatic carbocycles. The van der Waals surface area contributed by atoms with Crippen molar-refractivity contribution in [3.05, 3.63) is 94.0 Å². The third-order valence-electron chi connectivity index (χ3n) is 5.66. The van der Waals surface area contributed by atoms with E-state index in [0.29, 0.717) is 0 Å². The first kappa shape index (κ1) is 21.1. The third-order valence-corrected chi connectivity index (χ3v) is 6.19. The standard InChI is InChI=1S/C25H22BrNO4/c1-25(23(28)29,14-16-10-12-17(26)13-11-16)27-24(30)31-15-22-20-8-4-2-6-18(20)19-7-3-5-9-21(19)22/h2-13,22H,14-15H2,1H3,(H,27,30)(H,28,29). The molecule has 5 nitrogen and oxygen atoms in total. The molecule has 0 radical (unpaired) electrons. The van der Waals surface area contributed by atoms with E-state index in [1.54, 1.807) is 0 Å². The SMILES string of the molecule is CC(Cc1ccc(Br)cc1)(NC(=O)OCC1c2ccccc2-c2ccccc21)C(=O)O. The molecule has 0 saturated heterocycles. The van der Waals surface area contributed by atoms with Gasteiger partial charge in [0.25, 0.3) is 0 Å². The van der Waals surface area contributed by atoms with Crippen molar-refractivity contribution in [2.24, 2.45) is 0 Å². The molecule has 0 heterocycles. The number of carboxylic acid groups (broad SMARTS) is 1. The predicted octanol–water partition coefficient (Wildman–Crippen LogP) is 5.37. The summed E-state index contributed by atoms with van der Waals surface area (Å²) in [5.74, 6) is -1.20. The van der Waals surface area contributed by atoms with Gasteiger partial charge in [-0.2, -0.15) is 0 Å². The Morgan fingerprint density at radius 1 is 0.968 bits per heavy atom. The smallest absolute Gasteiger partial charge is 0.408 e. The average Bonchev–Trinajstić information content (AvgIpc) is 3.08. The van der Waals surface area contributed by atoms with Crippen molar-refractivity contribution in [1.29, 1.82) is 0 Å². The fourth-order valence-electron chi connectivity index (χ4n) is 4.04. The molecule has 1 atom stereocenters. The highest BCUT2D eigenvalue weighted by atomic mass is 79.9. The third kappa shape index (κ3) is 4.35. The predicted molar refractivity (Wildman–Crippen MR) is 122 cm³/mol. The number of aliphatic carboxylic acids is 1. The summed E-state index contributed by atoms with van der Waals surface area (Å²) in [6.45, 7) is 1.62. The second kappa shape index (κ2) is 8.55. The first-order valence-corrected chi connectivity index (χ1v) is 10.8. The van der Waals surface area contributed by atoms with Crippen LogP contribution in [0.3, 0.4) is 0 Å². The molecule has 2 N–H and O–H groups in total. The van der Waals surface area contributed by atoms with Gasteiger partial charge in [0.15, 0.2) is 0 Å². The highest BCUT2D eigenvalue weighted by molar-refractivity contribution is 9.10. The van der Waals surface area contributed by atoms with Gasteiger partial charge in [-0.3, -0.25) is 0 Å². The van der Waals surface area contributed by atoms with Crippen molar-refractivity contribution >= 4 is 28.0 Å². The zero-order valence-electron chi connectivity index (χ0n) is 17.0. The molecule has 0 spiro atoms. The van der Waals surface area contributed by atoms with Crippen LogP contribution < -0.4 is 5.32 Å². The minimum absolute atomic E-state index is 0.0827. The minimum atomic E-state index is -1.49. The van der Waals surface area contributed by atoms with Gasteiger partial charge in [-0.05, 0) is 46.9 Å². The summed E-state index contributed by atoms with van der Waals surface area (Å²) in [5, 5.41) is 12.3. The fraction of sp³-hybridized carbons (Fsp3) is 0.200. The van der Waals surface area contributed by atoms with Crippen LogP contribution in [0.2, 0.25) is 0 Å². The first-order valence-electron chi connectivity index (χ1n) is 9.98. The summed E-state index contributed by atoms with van der Waals surface area (Å²) in [7, 11) is 0. The number of hydrogen-bond donors (Lipinski definition) is 2. The molecule has 0 aliphatic heterocycles. The number of carbonyl (C=O) groups excluding carboxylic acids is 1. The Balaban J connectivity index is 1.47. The molecule has 0 bridgehead atoms. The molecule has 1 unspecified atom stereocenters. The highest BCUT2D eigenvalue weighted by Crippen LogP contribution is 2.44. The number of amides is 1. The lowest BCUT2D eigenvalue weighted by Gasteiger charge is -2.26. The van der Waals surface area contributed by atoms with Crippen molar-refractivity contribution in [2.75, 3.05) is 6.61 Å². The number of ether oxygens (including phenoxy) is 1. The van der Waals surface area contributed by atoms with Crippen molar-refractivity contribution in [1.82, 2.24) is 5.32 Å². The molecule has 3 aromatic rings. The summed E-state index contributed by atoms with van der Waals surface area (Å²) >= 11 is 3.36. The number of nitrogens with one attached hydrogen (secondary N) is 1. The Labute approximate surface area is 189 Å². The van der Waals surface area contributed by atoms with Gasteiger partial charge in [-0.25, -0.2) is 9.59 Å². The molecule has 31 heavy (non-hydrogen) atoms. The summed E-state index contributed by atoms with van der Waals surface area (Å²) in [4.78, 5) is 24.5. The van der Waals surface area contributed by atoms with Crippen LogP contribution >= 0.6 is 15.9 Å². The van der Waals surface area contributed by atoms with Crippen LogP contribution in [0.4, 0.5) is 4.79 Å². The Hall–Kier alpha value is -3.12. The number of carbonyl (C=O) groups is 2. The number of rotatable bonds is 6. The zero-order chi connectivity index (χ0) is 22.0. The molecule has 6 heteroatoms. The van der Waals surface area contributed by atoms with E-state index in [1.807, 2.05) is 60.7 Å². The monoisotopic (exact) mass is 479 g/mol. The number of fused-ring (bicyclic) bond motifs is 3. The summed E-state index contributed by atoms with van der Waals surface area (Å²) in [6.07, 6.45) is -0.608. The van der Waals surface area contributed by atoms with Gasteiger partial charge < -0.3 is 15.2 Å². The maximum absolute atomic E-state index is 12.6. The lowest BCUT2D eigenvalue weighted by molar-refractivity contribution is -0.143. The van der Waals surface area contributed by atoms with E-state index >= 15 is 0 Å². The van der Waals surface area contributed by atoms with E-state index < -0.39 is 17.6 Å². The van der Waals surface area contributed by atoms with Crippen LogP contribution in [0, 0.1) is 0 Å². The van der Waals surface area contributed by atoms with Crippen LogP contribution in [0.25, 0.3) is 11.1 Å². The molecule has 4 rings (SSSR count). The molecule has 0 fully saturated rings. The van der Waals surface area contributed by atoms with E-state index in [9.17, 15) is 14.7 Å². The van der Waals surface area contributed by atoms with Crippen LogP contribution in [0.15, 0.2) is 77.3 Å². The number of alkyl carbamates (subject to hydrolysis) is 1. The van der Waals surface area contributed by atoms with E-state index in [1.165, 1.54) is 6.92 Å². The van der Waals surface area contributed by atoms with E-state index in [2.05, 4.69) is 33.4 Å². The Kier molecular flexibility index (Phi) is 5.83. The van der Waals surface area contributed by atoms with Gasteiger partial charge in [0, 0.05) is 16.8 Å². The maximum Gasteiger partial charge on any atom is 0.408 e. The zero-order valence-corrected chi connectivity index (χ0v) is 18.6. The lowest BCUT2D eigenvalue weighted by Crippen LogP contribution is -2.54. The molecule has 3 aromatic carbocycles. The second-order valence-corrected chi connectivity index (χ2v) is 8.81. The number of benzene rings is 3. The van der Waals surface area contributed by atoms with Gasteiger partial charge in [0.2, 0.25) is 0 Å². The van der Waals surface area contributed by atoms with Crippen LogP contribution in [0.1, 0.15) is 29.5 Å². The average molecular weight is 480 g/mol. The maximum atomic E-state index is 12.6. The van der Waals surface area contributed by atoms with Crippen molar-refractivity contribution in [2.45, 2.75) is 24.8 Å². The first-order chi connectivity index (χ1) is 14.9. The molecule has 158 valence electrons. The number of halogens is 1. The van der Waals surface area contributed by atoms with Gasteiger partial charge in [0.05, 0.1) is 0 Å². The Bertz CT molecular complexity index is 1080. The molecule has 1 aliphatic rings. The van der Waals surface area contributed by atoms with Crippen LogP contribution in [0.5, 0.6) is 0 Å². The van der Waals surface area contributed by atoms with Crippen LogP contribution in [-0.4, -0.2) is 29.3 Å². The largest absolute Gasteiger partial charge is 0.480 e. The fourth-order valence-corrected chi connectivity index (χ4v) is 4.31. The molecular formula is C25H22BrNO4. The van der Waals surface area contributed by atoms with Gasteiger partial charge in [-0.15, -0.1) is 0 Å². The molecular weight excluding hydrogens is 458 g/mol. The van der Waals surface area contributed by atoms with E-state index in [0.717, 1.165) is 32.3 Å². The molecule has 0 aromatic heterocycles. The minimum Gasteiger partial charge on any atom is -0.480 e. The highest BCUT2D eigenvalue weighted by Gasteiger charge is 2.36. The second-order valence-electron chi connectivity index (χ2n) is 7.89. The van der Waals surface area contributed by atoms with E-state index in [4.69, 9.17) is 4.74 Å². The normalized spacial score (nSPS) is 14.3. The van der Waals surface area contributed by atoms with Gasteiger partial charge in [-0.1, -0.05) is 76.6 Å². The van der Waals surface area contributed by atoms with Gasteiger partial charge >= 0.3 is 12.1 Å². The lowest BCUT2D eigenvalue weighted by atomic mass is 9.93. The Morgan fingerprint density at radius 2 is 1.52 bits per heavy atom. The summed E-state index contributed by atoms with van der Waals surface area (Å²) < 4.78 is 6.42.